The Morgan fingerprint density at radius 3 is 2.67 bits per heavy atom. The van der Waals surface area contributed by atoms with Gasteiger partial charge in [0.15, 0.2) is 0 Å². The van der Waals surface area contributed by atoms with Crippen LogP contribution in [0.1, 0.15) is 5.56 Å². The van der Waals surface area contributed by atoms with Crippen molar-refractivity contribution >= 4 is 0 Å². The summed E-state index contributed by atoms with van der Waals surface area (Å²) >= 11 is 0. The molecule has 94 valence electrons. The summed E-state index contributed by atoms with van der Waals surface area (Å²) in [4.78, 5) is 4.05. The molecule has 0 amide bonds. The van der Waals surface area contributed by atoms with Gasteiger partial charge in [0.25, 0.3) is 0 Å². The number of hydrogen-bond donors (Lipinski definition) is 1. The average molecular weight is 246 g/mol. The van der Waals surface area contributed by atoms with Crippen molar-refractivity contribution in [2.45, 2.75) is 6.54 Å². The Bertz CT molecular complexity index is 459. The summed E-state index contributed by atoms with van der Waals surface area (Å²) in [6.07, 6.45) is 1.70. The van der Waals surface area contributed by atoms with Gasteiger partial charge in [0.05, 0.1) is 0 Å². The van der Waals surface area contributed by atoms with Gasteiger partial charge in [0, 0.05) is 25.4 Å². The average Bonchev–Trinajstić information content (AvgIpc) is 2.42. The van der Waals surface area contributed by atoms with Crippen LogP contribution in [0.15, 0.2) is 48.7 Å². The smallest absolute Gasteiger partial charge is 0.213 e. The topological polar surface area (TPSA) is 34.1 Å². The van der Waals surface area contributed by atoms with Gasteiger partial charge in [-0.05, 0) is 23.8 Å². The molecule has 3 nitrogen and oxygen atoms in total. The van der Waals surface area contributed by atoms with Crippen LogP contribution in [0.2, 0.25) is 0 Å². The molecule has 0 bridgehead atoms. The molecular formula is C14H15FN2O. The van der Waals surface area contributed by atoms with Crippen LogP contribution in [0.5, 0.6) is 5.88 Å². The van der Waals surface area contributed by atoms with Crippen molar-refractivity contribution in [3.8, 4) is 5.88 Å². The zero-order chi connectivity index (χ0) is 12.6. The maximum atomic E-state index is 12.7. The molecule has 1 aromatic heterocycles. The minimum Gasteiger partial charge on any atom is -0.476 e. The van der Waals surface area contributed by atoms with E-state index >= 15 is 0 Å². The first-order valence-electron chi connectivity index (χ1n) is 5.83. The first-order chi connectivity index (χ1) is 8.84. The summed E-state index contributed by atoms with van der Waals surface area (Å²) in [6.45, 7) is 1.97. The van der Waals surface area contributed by atoms with Gasteiger partial charge in [-0.15, -0.1) is 0 Å². The maximum absolute atomic E-state index is 12.7. The molecule has 1 heterocycles. The molecular weight excluding hydrogens is 231 g/mol. The van der Waals surface area contributed by atoms with E-state index in [9.17, 15) is 4.39 Å². The Morgan fingerprint density at radius 1 is 1.11 bits per heavy atom. The van der Waals surface area contributed by atoms with Crippen molar-refractivity contribution in [2.24, 2.45) is 0 Å². The summed E-state index contributed by atoms with van der Waals surface area (Å²) in [7, 11) is 0. The number of hydrogen-bond acceptors (Lipinski definition) is 3. The summed E-state index contributed by atoms with van der Waals surface area (Å²) in [5.41, 5.74) is 1.05. The van der Waals surface area contributed by atoms with Gasteiger partial charge < -0.3 is 10.1 Å². The molecule has 0 aliphatic carbocycles. The normalized spacial score (nSPS) is 10.3. The van der Waals surface area contributed by atoms with Crippen LogP contribution < -0.4 is 10.1 Å². The maximum Gasteiger partial charge on any atom is 0.213 e. The molecule has 2 rings (SSSR count). The highest BCUT2D eigenvalue weighted by atomic mass is 19.1. The molecule has 0 fully saturated rings. The molecule has 0 spiro atoms. The van der Waals surface area contributed by atoms with Crippen LogP contribution in [0.25, 0.3) is 0 Å². The fraction of sp³-hybridized carbons (Fsp3) is 0.214. The number of nitrogens with one attached hydrogen (secondary N) is 1. The fourth-order valence-electron chi connectivity index (χ4n) is 1.50. The molecule has 18 heavy (non-hydrogen) atoms. The minimum atomic E-state index is -0.211. The van der Waals surface area contributed by atoms with Crippen molar-refractivity contribution in [3.63, 3.8) is 0 Å². The summed E-state index contributed by atoms with van der Waals surface area (Å²) in [5, 5.41) is 3.22. The summed E-state index contributed by atoms with van der Waals surface area (Å²) in [5.74, 6) is 0.415. The molecule has 1 N–H and O–H groups in total. The highest BCUT2D eigenvalue weighted by Crippen LogP contribution is 2.03. The van der Waals surface area contributed by atoms with Crippen molar-refractivity contribution < 1.29 is 9.13 Å². The second kappa shape index (κ2) is 6.71. The first kappa shape index (κ1) is 12.5. The lowest BCUT2D eigenvalue weighted by atomic mass is 10.2. The first-order valence-corrected chi connectivity index (χ1v) is 5.83. The van der Waals surface area contributed by atoms with Crippen molar-refractivity contribution in [1.82, 2.24) is 10.3 Å². The summed E-state index contributed by atoms with van der Waals surface area (Å²) in [6, 6.07) is 12.0. The Labute approximate surface area is 106 Å². The minimum absolute atomic E-state index is 0.211. The van der Waals surface area contributed by atoms with Gasteiger partial charge in [-0.3, -0.25) is 0 Å². The Hall–Kier alpha value is -1.94. The predicted molar refractivity (Wildman–Crippen MR) is 67.8 cm³/mol. The van der Waals surface area contributed by atoms with Gasteiger partial charge in [0.2, 0.25) is 5.88 Å². The number of ether oxygens (including phenoxy) is 1. The molecule has 4 heteroatoms. The molecule has 0 radical (unpaired) electrons. The van der Waals surface area contributed by atoms with Gasteiger partial charge in [0.1, 0.15) is 12.4 Å². The van der Waals surface area contributed by atoms with E-state index in [0.717, 1.165) is 5.56 Å². The van der Waals surface area contributed by atoms with Gasteiger partial charge in [-0.25, -0.2) is 9.37 Å². The highest BCUT2D eigenvalue weighted by Gasteiger charge is 1.95. The van der Waals surface area contributed by atoms with Crippen LogP contribution in [0.3, 0.4) is 0 Å². The van der Waals surface area contributed by atoms with E-state index in [0.29, 0.717) is 25.6 Å². The van der Waals surface area contributed by atoms with Crippen LogP contribution in [-0.4, -0.2) is 18.1 Å². The van der Waals surface area contributed by atoms with E-state index < -0.39 is 0 Å². The molecule has 0 aliphatic heterocycles. The number of aromatic nitrogens is 1. The third-order valence-electron chi connectivity index (χ3n) is 2.41. The Morgan fingerprint density at radius 2 is 1.94 bits per heavy atom. The molecule has 1 aromatic carbocycles. The van der Waals surface area contributed by atoms with E-state index in [1.165, 1.54) is 12.1 Å². The summed E-state index contributed by atoms with van der Waals surface area (Å²) < 4.78 is 18.1. The van der Waals surface area contributed by atoms with Crippen LogP contribution in [0.4, 0.5) is 4.39 Å². The quantitative estimate of drug-likeness (QED) is 0.795. The van der Waals surface area contributed by atoms with Crippen LogP contribution in [-0.2, 0) is 6.54 Å². The molecule has 0 unspecified atom stereocenters. The SMILES string of the molecule is Fc1ccc(CNCCOc2ccccn2)cc1. The lowest BCUT2D eigenvalue weighted by Gasteiger charge is -2.06. The molecule has 2 aromatic rings. The van der Waals surface area contributed by atoms with Gasteiger partial charge in [-0.2, -0.15) is 0 Å². The number of rotatable bonds is 6. The van der Waals surface area contributed by atoms with E-state index in [4.69, 9.17) is 4.74 Å². The number of pyridine rings is 1. The lowest BCUT2D eigenvalue weighted by molar-refractivity contribution is 0.302. The van der Waals surface area contributed by atoms with Gasteiger partial charge in [-0.1, -0.05) is 18.2 Å². The third-order valence-corrected chi connectivity index (χ3v) is 2.41. The standard InChI is InChI=1S/C14H15FN2O/c15-13-6-4-12(5-7-13)11-16-9-10-18-14-3-1-2-8-17-14/h1-8,16H,9-11H2. The number of benzene rings is 1. The molecule has 0 saturated carbocycles. The fourth-order valence-corrected chi connectivity index (χ4v) is 1.50. The Balaban J connectivity index is 1.63. The monoisotopic (exact) mass is 246 g/mol. The number of nitrogens with zero attached hydrogens (tertiary/aromatic N) is 1. The van der Waals surface area contributed by atoms with Crippen molar-refractivity contribution in [1.29, 1.82) is 0 Å². The van der Waals surface area contributed by atoms with Crippen molar-refractivity contribution in [3.05, 3.63) is 60.0 Å². The zero-order valence-electron chi connectivity index (χ0n) is 9.97. The van der Waals surface area contributed by atoms with Crippen LogP contribution >= 0.6 is 0 Å². The Kier molecular flexibility index (Phi) is 4.67. The lowest BCUT2D eigenvalue weighted by Crippen LogP contribution is -2.20. The van der Waals surface area contributed by atoms with Gasteiger partial charge >= 0.3 is 0 Å². The van der Waals surface area contributed by atoms with Crippen molar-refractivity contribution in [2.75, 3.05) is 13.2 Å². The van der Waals surface area contributed by atoms with E-state index in [1.54, 1.807) is 18.3 Å². The van der Waals surface area contributed by atoms with Crippen LogP contribution in [0, 0.1) is 5.82 Å². The second-order valence-corrected chi connectivity index (χ2v) is 3.82. The molecule has 0 saturated heterocycles. The second-order valence-electron chi connectivity index (χ2n) is 3.82. The predicted octanol–water partition coefficient (Wildman–Crippen LogP) is 2.39. The molecule has 0 atom stereocenters. The largest absolute Gasteiger partial charge is 0.476 e. The van der Waals surface area contributed by atoms with E-state index in [-0.39, 0.29) is 5.82 Å². The third kappa shape index (κ3) is 4.14. The van der Waals surface area contributed by atoms with E-state index in [2.05, 4.69) is 10.3 Å². The highest BCUT2D eigenvalue weighted by molar-refractivity contribution is 5.15. The molecule has 0 aliphatic rings. The van der Waals surface area contributed by atoms with E-state index in [1.807, 2.05) is 18.2 Å². The number of halogens is 1. The zero-order valence-corrected chi connectivity index (χ0v) is 9.97.